The molecular formula is C17H13BrCl2N4O2. The molecule has 0 unspecified atom stereocenters. The number of nitrogens with zero attached hydrogens (tertiary/aromatic N) is 3. The largest absolute Gasteiger partial charge is 0.495 e. The van der Waals surface area contributed by atoms with Gasteiger partial charge in [0.05, 0.1) is 22.8 Å². The number of aromatic nitrogens is 3. The number of amides is 1. The maximum atomic E-state index is 12.4. The van der Waals surface area contributed by atoms with Crippen LogP contribution in [-0.4, -0.2) is 27.8 Å². The maximum absolute atomic E-state index is 12.4. The Hall–Kier alpha value is -2.09. The summed E-state index contributed by atoms with van der Waals surface area (Å²) < 4.78 is 7.60. The zero-order valence-corrected chi connectivity index (χ0v) is 16.9. The summed E-state index contributed by atoms with van der Waals surface area (Å²) in [4.78, 5) is 16.6. The van der Waals surface area contributed by atoms with E-state index in [4.69, 9.17) is 27.9 Å². The first-order valence-corrected chi connectivity index (χ1v) is 8.98. The SMILES string of the molecule is COc1cc(-n2nc(C(=O)Nc3ccc(Br)cc3)nc2C)c(Cl)cc1Cl. The molecule has 0 fully saturated rings. The van der Waals surface area contributed by atoms with Crippen molar-refractivity contribution < 1.29 is 9.53 Å². The summed E-state index contributed by atoms with van der Waals surface area (Å²) >= 11 is 15.7. The molecule has 26 heavy (non-hydrogen) atoms. The van der Waals surface area contributed by atoms with Crippen molar-refractivity contribution in [2.45, 2.75) is 6.92 Å². The van der Waals surface area contributed by atoms with E-state index in [2.05, 4.69) is 31.3 Å². The third-order valence-electron chi connectivity index (χ3n) is 3.52. The number of carbonyl (C=O) groups excluding carboxylic acids is 1. The van der Waals surface area contributed by atoms with Crippen LogP contribution in [0, 0.1) is 6.92 Å². The Kier molecular flexibility index (Phi) is 5.50. The first-order valence-electron chi connectivity index (χ1n) is 7.43. The number of hydrogen-bond acceptors (Lipinski definition) is 4. The lowest BCUT2D eigenvalue weighted by atomic mass is 10.3. The van der Waals surface area contributed by atoms with Gasteiger partial charge in [0, 0.05) is 16.2 Å². The molecule has 1 heterocycles. The van der Waals surface area contributed by atoms with Gasteiger partial charge in [-0.25, -0.2) is 9.67 Å². The van der Waals surface area contributed by atoms with Gasteiger partial charge in [-0.15, -0.1) is 5.10 Å². The summed E-state index contributed by atoms with van der Waals surface area (Å²) in [5, 5.41) is 7.75. The summed E-state index contributed by atoms with van der Waals surface area (Å²) in [5.41, 5.74) is 1.15. The summed E-state index contributed by atoms with van der Waals surface area (Å²) in [6.07, 6.45) is 0. The van der Waals surface area contributed by atoms with Gasteiger partial charge in [0.2, 0.25) is 5.82 Å². The highest BCUT2D eigenvalue weighted by molar-refractivity contribution is 9.10. The predicted octanol–water partition coefficient (Wildman–Crippen LogP) is 4.91. The standard InChI is InChI=1S/C17H13BrCl2N4O2/c1-9-21-16(17(25)22-11-5-3-10(18)4-6-11)23-24(9)14-8-15(26-2)13(20)7-12(14)19/h3-8H,1-2H3,(H,22,25). The monoisotopic (exact) mass is 454 g/mol. The van der Waals surface area contributed by atoms with Crippen LogP contribution in [0.15, 0.2) is 40.9 Å². The number of benzene rings is 2. The van der Waals surface area contributed by atoms with E-state index < -0.39 is 5.91 Å². The van der Waals surface area contributed by atoms with Gasteiger partial charge >= 0.3 is 0 Å². The Balaban J connectivity index is 1.92. The molecule has 9 heteroatoms. The van der Waals surface area contributed by atoms with Crippen LogP contribution in [0.4, 0.5) is 5.69 Å². The van der Waals surface area contributed by atoms with E-state index in [0.717, 1.165) is 4.47 Å². The highest BCUT2D eigenvalue weighted by atomic mass is 79.9. The van der Waals surface area contributed by atoms with Crippen LogP contribution in [0.1, 0.15) is 16.4 Å². The number of hydrogen-bond donors (Lipinski definition) is 1. The van der Waals surface area contributed by atoms with E-state index >= 15 is 0 Å². The Labute approximate surface area is 168 Å². The summed E-state index contributed by atoms with van der Waals surface area (Å²) in [6, 6.07) is 10.4. The third kappa shape index (κ3) is 3.85. The van der Waals surface area contributed by atoms with Gasteiger partial charge in [-0.2, -0.15) is 0 Å². The van der Waals surface area contributed by atoms with Gasteiger partial charge in [0.15, 0.2) is 0 Å². The summed E-state index contributed by atoms with van der Waals surface area (Å²) in [6.45, 7) is 1.72. The van der Waals surface area contributed by atoms with Crippen molar-refractivity contribution in [3.63, 3.8) is 0 Å². The molecule has 0 saturated heterocycles. The fourth-order valence-electron chi connectivity index (χ4n) is 2.27. The molecule has 0 aliphatic heterocycles. The molecule has 0 saturated carbocycles. The number of carbonyl (C=O) groups is 1. The van der Waals surface area contributed by atoms with Crippen molar-refractivity contribution in [3.8, 4) is 11.4 Å². The fraction of sp³-hybridized carbons (Fsp3) is 0.118. The lowest BCUT2D eigenvalue weighted by Gasteiger charge is -2.09. The fourth-order valence-corrected chi connectivity index (χ4v) is 3.08. The Bertz CT molecular complexity index is 974. The van der Waals surface area contributed by atoms with E-state index in [0.29, 0.717) is 33.0 Å². The molecule has 0 atom stereocenters. The molecule has 0 aliphatic carbocycles. The number of ether oxygens (including phenoxy) is 1. The molecule has 0 bridgehead atoms. The average Bonchev–Trinajstić information content (AvgIpc) is 2.99. The van der Waals surface area contributed by atoms with E-state index in [1.165, 1.54) is 11.8 Å². The lowest BCUT2D eigenvalue weighted by molar-refractivity contribution is 0.101. The van der Waals surface area contributed by atoms with Gasteiger partial charge in [-0.1, -0.05) is 39.1 Å². The first kappa shape index (κ1) is 18.7. The van der Waals surface area contributed by atoms with Crippen LogP contribution in [0.2, 0.25) is 10.0 Å². The second kappa shape index (κ2) is 7.65. The van der Waals surface area contributed by atoms with Crippen LogP contribution in [0.25, 0.3) is 5.69 Å². The molecule has 1 aromatic heterocycles. The van der Waals surface area contributed by atoms with Crippen LogP contribution >= 0.6 is 39.1 Å². The lowest BCUT2D eigenvalue weighted by Crippen LogP contribution is -2.14. The van der Waals surface area contributed by atoms with Gasteiger partial charge in [-0.05, 0) is 37.3 Å². The maximum Gasteiger partial charge on any atom is 0.295 e. The second-order valence-corrected chi connectivity index (χ2v) is 7.02. The van der Waals surface area contributed by atoms with Crippen molar-refractivity contribution >= 4 is 50.7 Å². The normalized spacial score (nSPS) is 10.7. The minimum atomic E-state index is -0.425. The minimum absolute atomic E-state index is 0.0235. The van der Waals surface area contributed by atoms with E-state index in [-0.39, 0.29) is 5.82 Å². The van der Waals surface area contributed by atoms with Crippen LogP contribution < -0.4 is 10.1 Å². The summed E-state index contributed by atoms with van der Waals surface area (Å²) in [7, 11) is 1.50. The molecule has 134 valence electrons. The van der Waals surface area contributed by atoms with E-state index in [1.807, 2.05) is 12.1 Å². The number of rotatable bonds is 4. The van der Waals surface area contributed by atoms with Crippen LogP contribution in [0.5, 0.6) is 5.75 Å². The highest BCUT2D eigenvalue weighted by Gasteiger charge is 2.18. The highest BCUT2D eigenvalue weighted by Crippen LogP contribution is 2.33. The summed E-state index contributed by atoms with van der Waals surface area (Å²) in [5.74, 6) is 0.542. The molecule has 3 aromatic rings. The third-order valence-corrected chi connectivity index (χ3v) is 4.65. The number of aryl methyl sites for hydroxylation is 1. The molecule has 3 rings (SSSR count). The quantitative estimate of drug-likeness (QED) is 0.607. The average molecular weight is 456 g/mol. The molecule has 1 N–H and O–H groups in total. The Morgan fingerprint density at radius 2 is 1.88 bits per heavy atom. The van der Waals surface area contributed by atoms with Crippen molar-refractivity contribution in [3.05, 3.63) is 62.6 Å². The van der Waals surface area contributed by atoms with Crippen LogP contribution in [0.3, 0.4) is 0 Å². The molecule has 2 aromatic carbocycles. The molecule has 1 amide bonds. The van der Waals surface area contributed by atoms with E-state index in [9.17, 15) is 4.79 Å². The van der Waals surface area contributed by atoms with Crippen molar-refractivity contribution in [2.24, 2.45) is 0 Å². The zero-order chi connectivity index (χ0) is 18.8. The first-order chi connectivity index (χ1) is 12.4. The molecule has 0 aliphatic rings. The number of nitrogens with one attached hydrogen (secondary N) is 1. The van der Waals surface area contributed by atoms with Gasteiger partial charge in [0.25, 0.3) is 5.91 Å². The second-order valence-electron chi connectivity index (χ2n) is 5.29. The van der Waals surface area contributed by atoms with E-state index in [1.54, 1.807) is 31.2 Å². The predicted molar refractivity (Wildman–Crippen MR) is 105 cm³/mol. The van der Waals surface area contributed by atoms with Crippen molar-refractivity contribution in [2.75, 3.05) is 12.4 Å². The van der Waals surface area contributed by atoms with Gasteiger partial charge in [0.1, 0.15) is 11.6 Å². The van der Waals surface area contributed by atoms with Gasteiger partial charge < -0.3 is 10.1 Å². The smallest absolute Gasteiger partial charge is 0.295 e. The molecular weight excluding hydrogens is 443 g/mol. The number of anilines is 1. The minimum Gasteiger partial charge on any atom is -0.495 e. The number of halogens is 3. The number of methoxy groups -OCH3 is 1. The zero-order valence-electron chi connectivity index (χ0n) is 13.8. The molecule has 6 nitrogen and oxygen atoms in total. The van der Waals surface area contributed by atoms with Crippen LogP contribution in [-0.2, 0) is 0 Å². The topological polar surface area (TPSA) is 69.0 Å². The van der Waals surface area contributed by atoms with Crippen molar-refractivity contribution in [1.29, 1.82) is 0 Å². The molecule has 0 radical (unpaired) electrons. The Morgan fingerprint density at radius 1 is 1.19 bits per heavy atom. The van der Waals surface area contributed by atoms with Crippen molar-refractivity contribution in [1.82, 2.24) is 14.8 Å². The van der Waals surface area contributed by atoms with Gasteiger partial charge in [-0.3, -0.25) is 4.79 Å². The molecule has 0 spiro atoms. The Morgan fingerprint density at radius 3 is 2.54 bits per heavy atom.